The van der Waals surface area contributed by atoms with Crippen molar-refractivity contribution in [2.45, 2.75) is 52.4 Å². The second-order valence-electron chi connectivity index (χ2n) is 4.87. The van der Waals surface area contributed by atoms with E-state index in [0.717, 1.165) is 0 Å². The molecule has 0 atom stereocenters. The van der Waals surface area contributed by atoms with Crippen LogP contribution in [-0.2, 0) is 25.0 Å². The summed E-state index contributed by atoms with van der Waals surface area (Å²) in [7, 11) is -6.90. The zero-order valence-electron chi connectivity index (χ0n) is 18.0. The van der Waals surface area contributed by atoms with E-state index in [1.165, 1.54) is 0 Å². The number of hydrogen-bond donors (Lipinski definition) is 0. The Morgan fingerprint density at radius 1 is 0.538 bits per heavy atom. The molecule has 0 aliphatic rings. The predicted octanol–water partition coefficient (Wildman–Crippen LogP) is 2.14. The summed E-state index contributed by atoms with van der Waals surface area (Å²) < 4.78 is 35.1. The Morgan fingerprint density at radius 3 is 1.04 bits per heavy atom. The second kappa shape index (κ2) is 15.9. The molecule has 0 saturated carbocycles. The standard InChI is InChI=1S/C9H27O6Si6.5Rf/c1-10-18(6)13-21(9,14-19(7)11-16(2)3)15-20(8)12-17(4)5;;;;;/h1-9H3;;;;;. The first kappa shape index (κ1) is 37.9. The third kappa shape index (κ3) is 16.4. The van der Waals surface area contributed by atoms with Crippen molar-refractivity contribution in [3.63, 3.8) is 0 Å². The minimum atomic E-state index is -2.80. The Morgan fingerprint density at radius 2 is 0.808 bits per heavy atom. The second-order valence-corrected chi connectivity index (χ2v) is 17.7. The van der Waals surface area contributed by atoms with Gasteiger partial charge in [0.25, 0.3) is 0 Å². The van der Waals surface area contributed by atoms with E-state index in [4.69, 9.17) is 25.0 Å². The van der Waals surface area contributed by atoms with Gasteiger partial charge in [0.2, 0.25) is 0 Å². The normalized spacial score (nSPS) is 10.8. The third-order valence-corrected chi connectivity index (χ3v) is 16.0. The number of hydrogen-bond acceptors (Lipinski definition) is 6. The van der Waals surface area contributed by atoms with Crippen molar-refractivity contribution >= 4 is 54.7 Å². The van der Waals surface area contributed by atoms with Gasteiger partial charge in [0, 0.05) is 13.7 Å². The monoisotopic (exact) mass is 1730 g/mol. The Hall–Kier alpha value is -3.94. The molecule has 0 aromatic carbocycles. The number of rotatable bonds is 11. The fourth-order valence-corrected chi connectivity index (χ4v) is 15.4. The van der Waals surface area contributed by atoms with Crippen LogP contribution in [0.2, 0.25) is 52.4 Å². The van der Waals surface area contributed by atoms with Gasteiger partial charge in [-0.2, -0.15) is 0 Å². The summed E-state index contributed by atoms with van der Waals surface area (Å²) in [6.07, 6.45) is 0. The molecule has 0 aromatic heterocycles. The molecule has 5 radical (unpaired) electrons. The zero-order valence-corrected chi connectivity index (χ0v) is 56.0. The van der Waals surface area contributed by atoms with Gasteiger partial charge in [-0.1, -0.05) is 0 Å². The Labute approximate surface area is 139 Å². The van der Waals surface area contributed by atoms with E-state index in [0.29, 0.717) is 0 Å². The average molecular weight is 1730 g/mol. The van der Waals surface area contributed by atoms with Crippen LogP contribution < -0.4 is 0 Å². The van der Waals surface area contributed by atoms with Gasteiger partial charge >= 0.3 is 36.7 Å². The average Bonchev–Trinajstić information content (AvgIpc) is 2.24. The van der Waals surface area contributed by atoms with Crippen LogP contribution in [-0.4, -0.2) is 61.8 Å². The third-order valence-electron chi connectivity index (χ3n) is 1.97. The van der Waals surface area contributed by atoms with E-state index in [2.05, 4.69) is 26.2 Å². The van der Waals surface area contributed by atoms with Crippen LogP contribution in [0.25, 0.3) is 0 Å². The van der Waals surface area contributed by atoms with Gasteiger partial charge < -0.3 is 25.0 Å². The maximum absolute atomic E-state index is 6.08. The minimum Gasteiger partial charge on any atom is -0.436 e. The van der Waals surface area contributed by atoms with Crippen LogP contribution in [0.5, 0.6) is 0 Å². The fraction of sp³-hybridized carbons (Fsp3) is 1.00. The molecule has 0 N–H and O–H groups in total. The van der Waals surface area contributed by atoms with Gasteiger partial charge in [0.1, 0.15) is 0 Å². The van der Waals surface area contributed by atoms with Gasteiger partial charge in [-0.3, -0.25) is 0 Å². The molecule has 0 amide bonds. The van der Waals surface area contributed by atoms with Crippen molar-refractivity contribution in [2.24, 2.45) is 0 Å². The summed E-state index contributed by atoms with van der Waals surface area (Å²) in [5, 5.41) is 0. The molecular formula is C9H27O6Rf5Si6. The molecule has 0 spiro atoms. The summed E-state index contributed by atoms with van der Waals surface area (Å²) in [6, 6.07) is 0. The first-order chi connectivity index (χ1) is 9.58. The van der Waals surface area contributed by atoms with Crippen LogP contribution in [0.1, 0.15) is 0 Å². The Kier molecular flexibility index (Phi) is 23.3. The molecule has 0 heterocycles. The van der Waals surface area contributed by atoms with E-state index >= 15 is 0 Å². The van der Waals surface area contributed by atoms with Gasteiger partial charge in [-0.05, 0) is 45.8 Å². The van der Waals surface area contributed by atoms with Crippen LogP contribution in [0.15, 0.2) is 0 Å². The quantitative estimate of drug-likeness (QED) is 0.296. The van der Waals surface area contributed by atoms with E-state index in [1.54, 1.807) is 7.11 Å². The van der Waals surface area contributed by atoms with Crippen LogP contribution in [0, 0.1) is 0 Å². The molecule has 0 rings (SSSR count). The van der Waals surface area contributed by atoms with Crippen molar-refractivity contribution in [2.75, 3.05) is 7.11 Å². The van der Waals surface area contributed by atoms with Crippen molar-refractivity contribution in [1.82, 2.24) is 0 Å². The largest absolute Gasteiger partial charge is 0.470 e. The Balaban J connectivity index is -0.000000200. The van der Waals surface area contributed by atoms with Crippen molar-refractivity contribution in [3.05, 3.63) is 0 Å². The van der Waals surface area contributed by atoms with Crippen LogP contribution >= 0.6 is 0 Å². The molecule has 0 aromatic rings. The molecule has 133 valence electrons. The van der Waals surface area contributed by atoms with Gasteiger partial charge in [0.05, 0.1) is 0 Å². The predicted molar refractivity (Wildman–Crippen MR) is 93.9 cm³/mol. The van der Waals surface area contributed by atoms with E-state index in [1.807, 2.05) is 26.2 Å². The molecule has 0 saturated heterocycles. The molecular weight excluding hydrogens is 1710 g/mol. The first-order valence-electron chi connectivity index (χ1n) is 6.65. The smallest absolute Gasteiger partial charge is 0.436 e. The molecule has 0 unspecified atom stereocenters. The topological polar surface area (TPSA) is 55.4 Å². The van der Waals surface area contributed by atoms with Crippen LogP contribution in [0.4, 0.5) is 0 Å². The van der Waals surface area contributed by atoms with E-state index < -0.39 is 54.7 Å². The summed E-state index contributed by atoms with van der Waals surface area (Å²) in [5.41, 5.74) is 0. The van der Waals surface area contributed by atoms with Crippen molar-refractivity contribution < 1.29 is 25.0 Å². The zero-order chi connectivity index (χ0) is 16.6. The van der Waals surface area contributed by atoms with Gasteiger partial charge in [-0.25, -0.2) is 0 Å². The van der Waals surface area contributed by atoms with Crippen molar-refractivity contribution in [3.8, 4) is 0 Å². The fourth-order valence-electron chi connectivity index (χ4n) is 1.50. The minimum absolute atomic E-state index is 0. The van der Waals surface area contributed by atoms with E-state index in [-0.39, 0.29) is 0 Å². The molecule has 26 heavy (non-hydrogen) atoms. The van der Waals surface area contributed by atoms with Crippen LogP contribution in [0.3, 0.4) is 0 Å². The molecule has 0 fully saturated rings. The summed E-state index contributed by atoms with van der Waals surface area (Å²) in [4.78, 5) is 0. The Bertz CT molecular complexity index is 284. The summed E-state index contributed by atoms with van der Waals surface area (Å²) in [5.74, 6) is 0. The maximum Gasteiger partial charge on any atom is 0.470 e. The van der Waals surface area contributed by atoms with Gasteiger partial charge in [-0.15, -0.1) is 0 Å². The summed E-state index contributed by atoms with van der Waals surface area (Å²) >= 11 is 0. The molecule has 0 aliphatic carbocycles. The maximum atomic E-state index is 6.08. The molecule has 17 heteroatoms. The van der Waals surface area contributed by atoms with E-state index in [9.17, 15) is 0 Å². The van der Waals surface area contributed by atoms with Crippen molar-refractivity contribution in [1.29, 1.82) is 0 Å². The molecule has 6 nitrogen and oxygen atoms in total. The summed E-state index contributed by atoms with van der Waals surface area (Å²) in [6.45, 7) is 16.2. The molecule has 0 aliphatic heterocycles. The molecule has 0 bridgehead atoms. The SMILES string of the molecule is CO[Si](C)O[Si](C)(O[Si](C)O[Si](C)C)O[Si](C)O[Si](C)C.[Rf].[Rf].[Rf].[Rf].[Rf]. The van der Waals surface area contributed by atoms with Gasteiger partial charge in [0.15, 0.2) is 18.1 Å². The first-order valence-corrected chi connectivity index (χ1v) is 19.1.